The van der Waals surface area contributed by atoms with E-state index < -0.39 is 23.7 Å². The number of aryl methyl sites for hydroxylation is 1. The van der Waals surface area contributed by atoms with Gasteiger partial charge in [-0.1, -0.05) is 47.6 Å². The molecule has 0 fully saturated rings. The monoisotopic (exact) mass is 503 g/mol. The first kappa shape index (κ1) is 29.6. The van der Waals surface area contributed by atoms with Crippen LogP contribution in [-0.2, 0) is 16.0 Å². The number of hydrogen-bond donors (Lipinski definition) is 5. The van der Waals surface area contributed by atoms with Crippen molar-refractivity contribution in [3.05, 3.63) is 35.5 Å². The molecule has 2 rings (SSSR count). The molecule has 2 aromatic rings. The zero-order valence-electron chi connectivity index (χ0n) is 22.9. The molecule has 1 heterocycles. The molecule has 1 aromatic heterocycles. The molecule has 36 heavy (non-hydrogen) atoms. The second-order valence-electron chi connectivity index (χ2n) is 11.2. The number of fused-ring (bicyclic) bond motifs is 1. The van der Waals surface area contributed by atoms with Crippen molar-refractivity contribution in [2.24, 2.45) is 17.3 Å². The first-order chi connectivity index (χ1) is 16.8. The van der Waals surface area contributed by atoms with E-state index in [0.717, 1.165) is 18.4 Å². The number of methoxy groups -OCH3 is 1. The minimum absolute atomic E-state index is 0.0135. The molecule has 0 saturated heterocycles. The number of hydrogen-bond acceptors (Lipinski definition) is 4. The fourth-order valence-corrected chi connectivity index (χ4v) is 4.76. The minimum atomic E-state index is -1.19. The van der Waals surface area contributed by atoms with Crippen LogP contribution in [0.5, 0.6) is 0 Å². The van der Waals surface area contributed by atoms with Crippen molar-refractivity contribution in [3.8, 4) is 0 Å². The van der Waals surface area contributed by atoms with Crippen molar-refractivity contribution in [1.29, 1.82) is 0 Å². The van der Waals surface area contributed by atoms with E-state index in [1.54, 1.807) is 27.9 Å². The number of aliphatic hydroxyl groups is 1. The van der Waals surface area contributed by atoms with Crippen LogP contribution in [0.25, 0.3) is 10.9 Å². The number of ether oxygens (including phenoxy) is 1. The number of carboxylic acid groups (broad SMARTS) is 1. The highest BCUT2D eigenvalue weighted by atomic mass is 16.5. The van der Waals surface area contributed by atoms with Gasteiger partial charge in [-0.3, -0.25) is 4.79 Å². The Labute approximate surface area is 215 Å². The molecule has 8 heteroatoms. The fourth-order valence-electron chi connectivity index (χ4n) is 4.76. The van der Waals surface area contributed by atoms with Crippen molar-refractivity contribution < 1.29 is 24.5 Å². The van der Waals surface area contributed by atoms with E-state index >= 15 is 0 Å². The average Bonchev–Trinajstić information content (AvgIpc) is 3.20. The third-order valence-corrected chi connectivity index (χ3v) is 7.06. The van der Waals surface area contributed by atoms with Crippen LogP contribution >= 0.6 is 0 Å². The molecule has 0 radical (unpaired) electrons. The van der Waals surface area contributed by atoms with Crippen LogP contribution in [0.15, 0.2) is 24.4 Å². The number of nitrogens with one attached hydrogen (secondary N) is 3. The van der Waals surface area contributed by atoms with Crippen molar-refractivity contribution >= 4 is 22.9 Å². The smallest absolute Gasteiger partial charge is 0.404 e. The molecule has 0 aliphatic heterocycles. The maximum atomic E-state index is 12.3. The Hall–Kier alpha value is -2.58. The van der Waals surface area contributed by atoms with Crippen molar-refractivity contribution in [1.82, 2.24) is 15.6 Å². The molecule has 0 bridgehead atoms. The quantitative estimate of drug-likeness (QED) is 0.254. The summed E-state index contributed by atoms with van der Waals surface area (Å²) in [7, 11) is 1.71. The van der Waals surface area contributed by atoms with Gasteiger partial charge in [0.25, 0.3) is 0 Å². The number of carbonyl (C=O) groups excluding carboxylic acids is 1. The number of amides is 2. The Bertz CT molecular complexity index is 995. The van der Waals surface area contributed by atoms with Crippen LogP contribution in [0.2, 0.25) is 0 Å². The standard InChI is InChI=1S/C28H45N3O5/c1-17(2)21(14-24(31-27(34)35)25(32)16-30-26(33)28(4,5)6)18(3)19-10-11-23-22(13-19)20(15-29-23)9-8-12-36-7/h10-11,13,15,17-18,21,24-25,29,31-32H,8-9,12,14,16H2,1-7H3,(H,30,33)(H,34,35). The zero-order chi connectivity index (χ0) is 27.0. The lowest BCUT2D eigenvalue weighted by molar-refractivity contribution is -0.129. The van der Waals surface area contributed by atoms with Gasteiger partial charge in [0.2, 0.25) is 5.91 Å². The molecule has 0 saturated carbocycles. The third-order valence-electron chi connectivity index (χ3n) is 7.06. The molecular formula is C28H45N3O5. The molecule has 4 unspecified atom stereocenters. The average molecular weight is 504 g/mol. The summed E-state index contributed by atoms with van der Waals surface area (Å²) >= 11 is 0. The summed E-state index contributed by atoms with van der Waals surface area (Å²) in [6.07, 6.45) is 2.15. The summed E-state index contributed by atoms with van der Waals surface area (Å²) in [5, 5.41) is 26.7. The van der Waals surface area contributed by atoms with Crippen LogP contribution in [0, 0.1) is 17.3 Å². The second-order valence-corrected chi connectivity index (χ2v) is 11.2. The molecule has 2 amide bonds. The number of rotatable bonds is 13. The summed E-state index contributed by atoms with van der Waals surface area (Å²) < 4.78 is 5.20. The number of benzene rings is 1. The second kappa shape index (κ2) is 13.1. The molecule has 5 N–H and O–H groups in total. The van der Waals surface area contributed by atoms with Gasteiger partial charge < -0.3 is 30.6 Å². The zero-order valence-corrected chi connectivity index (χ0v) is 22.9. The van der Waals surface area contributed by atoms with Crippen LogP contribution in [0.1, 0.15) is 71.4 Å². The van der Waals surface area contributed by atoms with Gasteiger partial charge in [0.05, 0.1) is 12.1 Å². The molecular weight excluding hydrogens is 458 g/mol. The number of H-pyrrole nitrogens is 1. The van der Waals surface area contributed by atoms with Gasteiger partial charge in [-0.25, -0.2) is 4.79 Å². The van der Waals surface area contributed by atoms with Gasteiger partial charge in [-0.05, 0) is 60.3 Å². The lowest BCUT2D eigenvalue weighted by atomic mass is 9.76. The minimum Gasteiger partial charge on any atom is -0.465 e. The van der Waals surface area contributed by atoms with E-state index in [-0.39, 0.29) is 30.2 Å². The van der Waals surface area contributed by atoms with Crippen LogP contribution in [0.4, 0.5) is 4.79 Å². The first-order valence-electron chi connectivity index (χ1n) is 12.9. The molecule has 4 atom stereocenters. The number of carbonyl (C=O) groups is 2. The fraction of sp³-hybridized carbons (Fsp3) is 0.643. The summed E-state index contributed by atoms with van der Waals surface area (Å²) in [6.45, 7) is 12.5. The molecule has 0 spiro atoms. The Morgan fingerprint density at radius 1 is 1.17 bits per heavy atom. The summed E-state index contributed by atoms with van der Waals surface area (Å²) in [5.74, 6) is 0.289. The largest absolute Gasteiger partial charge is 0.465 e. The Balaban J connectivity index is 2.23. The lowest BCUT2D eigenvalue weighted by Crippen LogP contribution is -2.50. The maximum absolute atomic E-state index is 12.3. The van der Waals surface area contributed by atoms with E-state index in [1.165, 1.54) is 16.5 Å². The van der Waals surface area contributed by atoms with Gasteiger partial charge in [-0.2, -0.15) is 0 Å². The summed E-state index contributed by atoms with van der Waals surface area (Å²) in [6, 6.07) is 5.74. The first-order valence-corrected chi connectivity index (χ1v) is 12.9. The Morgan fingerprint density at radius 2 is 1.86 bits per heavy atom. The van der Waals surface area contributed by atoms with Gasteiger partial charge in [0, 0.05) is 42.8 Å². The van der Waals surface area contributed by atoms with Crippen LogP contribution in [0.3, 0.4) is 0 Å². The summed E-state index contributed by atoms with van der Waals surface area (Å²) in [4.78, 5) is 27.2. The predicted molar refractivity (Wildman–Crippen MR) is 143 cm³/mol. The van der Waals surface area contributed by atoms with E-state index in [9.17, 15) is 19.8 Å². The van der Waals surface area contributed by atoms with E-state index in [4.69, 9.17) is 4.74 Å². The van der Waals surface area contributed by atoms with Crippen molar-refractivity contribution in [3.63, 3.8) is 0 Å². The predicted octanol–water partition coefficient (Wildman–Crippen LogP) is 4.67. The SMILES string of the molecule is COCCCc1c[nH]c2ccc(C(C)C(CC(NC(=O)O)C(O)CNC(=O)C(C)(C)C)C(C)C)cc12. The normalized spacial score (nSPS) is 15.5. The van der Waals surface area contributed by atoms with Gasteiger partial charge in [-0.15, -0.1) is 0 Å². The maximum Gasteiger partial charge on any atom is 0.404 e. The highest BCUT2D eigenvalue weighted by Gasteiger charge is 2.31. The summed E-state index contributed by atoms with van der Waals surface area (Å²) in [5.41, 5.74) is 2.94. The topological polar surface area (TPSA) is 124 Å². The van der Waals surface area contributed by atoms with Crippen molar-refractivity contribution in [2.45, 2.75) is 78.9 Å². The molecule has 1 aromatic carbocycles. The number of aliphatic hydroxyl groups excluding tert-OH is 1. The molecule has 8 nitrogen and oxygen atoms in total. The van der Waals surface area contributed by atoms with Crippen LogP contribution < -0.4 is 10.6 Å². The number of aromatic nitrogens is 1. The van der Waals surface area contributed by atoms with Gasteiger partial charge in [0.15, 0.2) is 0 Å². The van der Waals surface area contributed by atoms with E-state index in [2.05, 4.69) is 60.8 Å². The van der Waals surface area contributed by atoms with Gasteiger partial charge in [0.1, 0.15) is 0 Å². The molecule has 0 aliphatic rings. The third kappa shape index (κ3) is 8.23. The highest BCUT2D eigenvalue weighted by molar-refractivity contribution is 5.84. The Morgan fingerprint density at radius 3 is 2.44 bits per heavy atom. The van der Waals surface area contributed by atoms with Crippen molar-refractivity contribution in [2.75, 3.05) is 20.3 Å². The van der Waals surface area contributed by atoms with E-state index in [0.29, 0.717) is 13.0 Å². The van der Waals surface area contributed by atoms with E-state index in [1.807, 2.05) is 0 Å². The molecule has 202 valence electrons. The lowest BCUT2D eigenvalue weighted by Gasteiger charge is -2.33. The number of aromatic amines is 1. The van der Waals surface area contributed by atoms with Crippen LogP contribution in [-0.4, -0.2) is 59.6 Å². The molecule has 0 aliphatic carbocycles. The van der Waals surface area contributed by atoms with Gasteiger partial charge >= 0.3 is 6.09 Å². The Kier molecular flexibility index (Phi) is 10.8. The highest BCUT2D eigenvalue weighted by Crippen LogP contribution is 2.36.